The molecular formula is C27H37N3O4. The number of carbonyl (C=O) groups is 3. The maximum absolute atomic E-state index is 13.5. The molecule has 2 rings (SSSR count). The molecule has 0 saturated carbocycles. The molecule has 0 fully saturated rings. The van der Waals surface area contributed by atoms with Crippen molar-refractivity contribution in [1.29, 1.82) is 0 Å². The highest BCUT2D eigenvalue weighted by Gasteiger charge is 2.35. The van der Waals surface area contributed by atoms with Gasteiger partial charge in [0.2, 0.25) is 11.8 Å². The molecule has 3 amide bonds. The fraction of sp³-hybridized carbons (Fsp3) is 0.444. The number of ether oxygens (including phenoxy) is 1. The molecule has 7 nitrogen and oxygen atoms in total. The molecule has 0 bridgehead atoms. The number of aryl methyl sites for hydroxylation is 1. The van der Waals surface area contributed by atoms with Gasteiger partial charge in [-0.1, -0.05) is 74.0 Å². The number of alkyl carbamates (subject to hydrolysis) is 1. The summed E-state index contributed by atoms with van der Waals surface area (Å²) in [6.45, 7) is 11.2. The second-order valence-corrected chi connectivity index (χ2v) is 9.84. The Balaban J connectivity index is 2.29. The van der Waals surface area contributed by atoms with Crippen LogP contribution in [0.4, 0.5) is 4.79 Å². The molecule has 0 aromatic heterocycles. The van der Waals surface area contributed by atoms with Gasteiger partial charge in [-0.05, 0) is 44.7 Å². The van der Waals surface area contributed by atoms with E-state index in [9.17, 15) is 14.4 Å². The van der Waals surface area contributed by atoms with E-state index < -0.39 is 23.8 Å². The molecule has 184 valence electrons. The third-order valence-corrected chi connectivity index (χ3v) is 5.26. The number of rotatable bonds is 8. The van der Waals surface area contributed by atoms with Gasteiger partial charge in [-0.3, -0.25) is 9.59 Å². The summed E-state index contributed by atoms with van der Waals surface area (Å²) in [6.07, 6.45) is -0.673. The Morgan fingerprint density at radius 3 is 2.21 bits per heavy atom. The third kappa shape index (κ3) is 7.90. The van der Waals surface area contributed by atoms with Crippen LogP contribution in [0.5, 0.6) is 0 Å². The van der Waals surface area contributed by atoms with Crippen molar-refractivity contribution >= 4 is 17.9 Å². The Morgan fingerprint density at radius 2 is 1.65 bits per heavy atom. The number of nitrogens with one attached hydrogen (secondary N) is 2. The lowest BCUT2D eigenvalue weighted by Gasteiger charge is -2.33. The molecule has 2 aromatic carbocycles. The van der Waals surface area contributed by atoms with Gasteiger partial charge in [-0.2, -0.15) is 0 Å². The van der Waals surface area contributed by atoms with Crippen LogP contribution >= 0.6 is 0 Å². The van der Waals surface area contributed by atoms with Gasteiger partial charge in [0.1, 0.15) is 17.7 Å². The van der Waals surface area contributed by atoms with Gasteiger partial charge < -0.3 is 20.3 Å². The van der Waals surface area contributed by atoms with Crippen LogP contribution in [-0.4, -0.2) is 41.5 Å². The molecule has 2 N–H and O–H groups in total. The predicted molar refractivity (Wildman–Crippen MR) is 133 cm³/mol. The molecule has 2 atom stereocenters. The van der Waals surface area contributed by atoms with Crippen molar-refractivity contribution in [2.75, 3.05) is 7.05 Å². The number of nitrogens with zero attached hydrogens (tertiary/aromatic N) is 1. The van der Waals surface area contributed by atoms with Crippen molar-refractivity contribution in [3.63, 3.8) is 0 Å². The van der Waals surface area contributed by atoms with Crippen LogP contribution in [0.1, 0.15) is 57.4 Å². The zero-order chi connectivity index (χ0) is 25.5. The van der Waals surface area contributed by atoms with E-state index in [-0.39, 0.29) is 17.7 Å². The van der Waals surface area contributed by atoms with Crippen LogP contribution < -0.4 is 10.6 Å². The van der Waals surface area contributed by atoms with Gasteiger partial charge >= 0.3 is 6.09 Å². The van der Waals surface area contributed by atoms with Crippen LogP contribution in [0.3, 0.4) is 0 Å². The standard InChI is InChI=1S/C27H37N3O4/c1-18(2)22(29-26(33)34-27(4,5)6)25(32)30(7)23(21-15-11-12-19(3)16-21)24(31)28-17-20-13-9-8-10-14-20/h8-16,18,22-23H,17H2,1-7H3,(H,28,31)(H,29,33). The molecule has 0 aliphatic carbocycles. The van der Waals surface area contributed by atoms with Gasteiger partial charge in [0, 0.05) is 13.6 Å². The van der Waals surface area contributed by atoms with Crippen molar-refractivity contribution < 1.29 is 19.1 Å². The first-order chi connectivity index (χ1) is 15.9. The summed E-state index contributed by atoms with van der Waals surface area (Å²) >= 11 is 0. The molecule has 0 heterocycles. The van der Waals surface area contributed by atoms with Crippen LogP contribution in [-0.2, 0) is 20.9 Å². The molecule has 2 aromatic rings. The van der Waals surface area contributed by atoms with Gasteiger partial charge in [0.15, 0.2) is 0 Å². The van der Waals surface area contributed by atoms with E-state index in [2.05, 4.69) is 10.6 Å². The molecule has 0 spiro atoms. The number of amides is 3. The van der Waals surface area contributed by atoms with Gasteiger partial charge in [0.05, 0.1) is 0 Å². The van der Waals surface area contributed by atoms with E-state index in [4.69, 9.17) is 4.74 Å². The van der Waals surface area contributed by atoms with E-state index >= 15 is 0 Å². The first-order valence-electron chi connectivity index (χ1n) is 11.5. The fourth-order valence-corrected chi connectivity index (χ4v) is 3.57. The first kappa shape index (κ1) is 26.9. The smallest absolute Gasteiger partial charge is 0.408 e. The maximum atomic E-state index is 13.5. The Hall–Kier alpha value is -3.35. The Kier molecular flexibility index (Phi) is 9.24. The van der Waals surface area contributed by atoms with Gasteiger partial charge in [0.25, 0.3) is 0 Å². The monoisotopic (exact) mass is 467 g/mol. The average molecular weight is 468 g/mol. The molecule has 2 unspecified atom stereocenters. The van der Waals surface area contributed by atoms with Gasteiger partial charge in [-0.15, -0.1) is 0 Å². The number of likely N-dealkylation sites (N-methyl/N-ethyl adjacent to an activating group) is 1. The highest BCUT2D eigenvalue weighted by atomic mass is 16.6. The second kappa shape index (κ2) is 11.7. The highest BCUT2D eigenvalue weighted by Crippen LogP contribution is 2.23. The maximum Gasteiger partial charge on any atom is 0.408 e. The number of hydrogen-bond donors (Lipinski definition) is 2. The lowest BCUT2D eigenvalue weighted by molar-refractivity contribution is -0.141. The largest absolute Gasteiger partial charge is 0.444 e. The lowest BCUT2D eigenvalue weighted by Crippen LogP contribution is -2.53. The van der Waals surface area contributed by atoms with Crippen LogP contribution in [0.15, 0.2) is 54.6 Å². The summed E-state index contributed by atoms with van der Waals surface area (Å²) in [5, 5.41) is 5.63. The zero-order valence-electron chi connectivity index (χ0n) is 21.2. The van der Waals surface area contributed by atoms with Crippen molar-refractivity contribution in [2.45, 2.75) is 65.8 Å². The minimum Gasteiger partial charge on any atom is -0.444 e. The van der Waals surface area contributed by atoms with E-state index in [1.54, 1.807) is 27.8 Å². The summed E-state index contributed by atoms with van der Waals surface area (Å²) in [6, 6.07) is 15.4. The SMILES string of the molecule is Cc1cccc(C(C(=O)NCc2ccccc2)N(C)C(=O)C(NC(=O)OC(C)(C)C)C(C)C)c1. The summed E-state index contributed by atoms with van der Waals surface area (Å²) < 4.78 is 5.34. The molecular weight excluding hydrogens is 430 g/mol. The van der Waals surface area contributed by atoms with E-state index in [0.29, 0.717) is 12.1 Å². The van der Waals surface area contributed by atoms with Gasteiger partial charge in [-0.25, -0.2) is 4.79 Å². The molecule has 0 saturated heterocycles. The lowest BCUT2D eigenvalue weighted by atomic mass is 9.98. The average Bonchev–Trinajstić information content (AvgIpc) is 2.75. The van der Waals surface area contributed by atoms with Crippen LogP contribution in [0.2, 0.25) is 0 Å². The third-order valence-electron chi connectivity index (χ3n) is 5.26. The van der Waals surface area contributed by atoms with Crippen LogP contribution in [0.25, 0.3) is 0 Å². The molecule has 0 aliphatic rings. The highest BCUT2D eigenvalue weighted by molar-refractivity contribution is 5.92. The van der Waals surface area contributed by atoms with E-state index in [0.717, 1.165) is 11.1 Å². The predicted octanol–water partition coefficient (Wildman–Crippen LogP) is 4.36. The Morgan fingerprint density at radius 1 is 1.00 bits per heavy atom. The number of benzene rings is 2. The summed E-state index contributed by atoms with van der Waals surface area (Å²) in [5.41, 5.74) is 1.94. The Labute approximate surface area is 202 Å². The quantitative estimate of drug-likeness (QED) is 0.604. The summed E-state index contributed by atoms with van der Waals surface area (Å²) in [4.78, 5) is 40.7. The van der Waals surface area contributed by atoms with Crippen molar-refractivity contribution in [1.82, 2.24) is 15.5 Å². The first-order valence-corrected chi connectivity index (χ1v) is 11.5. The number of hydrogen-bond acceptors (Lipinski definition) is 4. The summed E-state index contributed by atoms with van der Waals surface area (Å²) in [7, 11) is 1.59. The van der Waals surface area contributed by atoms with Crippen molar-refractivity contribution in [3.8, 4) is 0 Å². The van der Waals surface area contributed by atoms with E-state index in [1.165, 1.54) is 4.90 Å². The normalized spacial score (nSPS) is 13.1. The fourth-order valence-electron chi connectivity index (χ4n) is 3.57. The molecule has 0 radical (unpaired) electrons. The minimum atomic E-state index is -0.863. The van der Waals surface area contributed by atoms with Crippen molar-refractivity contribution in [3.05, 3.63) is 71.3 Å². The minimum absolute atomic E-state index is 0.215. The molecule has 7 heteroatoms. The second-order valence-electron chi connectivity index (χ2n) is 9.84. The van der Waals surface area contributed by atoms with Crippen molar-refractivity contribution in [2.24, 2.45) is 5.92 Å². The van der Waals surface area contributed by atoms with Crippen LogP contribution in [0, 0.1) is 12.8 Å². The Bertz CT molecular complexity index is 983. The number of carbonyl (C=O) groups excluding carboxylic acids is 3. The molecule has 0 aliphatic heterocycles. The molecule has 34 heavy (non-hydrogen) atoms. The van der Waals surface area contributed by atoms with E-state index in [1.807, 2.05) is 75.4 Å². The summed E-state index contributed by atoms with van der Waals surface area (Å²) in [5.74, 6) is -0.889. The topological polar surface area (TPSA) is 87.7 Å². The zero-order valence-corrected chi connectivity index (χ0v) is 21.2.